The summed E-state index contributed by atoms with van der Waals surface area (Å²) >= 11 is 0. The summed E-state index contributed by atoms with van der Waals surface area (Å²) in [7, 11) is -3.08. The second-order valence-corrected chi connectivity index (χ2v) is 8.23. The van der Waals surface area contributed by atoms with Gasteiger partial charge in [0.1, 0.15) is 0 Å². The topological polar surface area (TPSA) is 166 Å². The number of esters is 2. The first-order valence-corrected chi connectivity index (χ1v) is 9.72. The van der Waals surface area contributed by atoms with E-state index in [9.17, 15) is 28.1 Å². The molecular weight excluding hydrogens is 408 g/mol. The highest BCUT2D eigenvalue weighted by Gasteiger charge is 2.29. The van der Waals surface area contributed by atoms with Crippen molar-refractivity contribution < 1.29 is 32.4 Å². The van der Waals surface area contributed by atoms with Crippen LogP contribution in [0, 0.1) is 10.1 Å². The fraction of sp³-hybridized carbons (Fsp3) is 0.438. The predicted octanol–water partition coefficient (Wildman–Crippen LogP) is 1.12. The molecule has 29 heavy (non-hydrogen) atoms. The van der Waals surface area contributed by atoms with E-state index in [1.807, 2.05) is 0 Å². The lowest BCUT2D eigenvalue weighted by atomic mass is 10.1. The average Bonchev–Trinajstić information content (AvgIpc) is 2.59. The fourth-order valence-corrected chi connectivity index (χ4v) is 3.66. The minimum Gasteiger partial charge on any atom is -0.465 e. The SMILES string of the molecule is CCOC(=O)/C(=N/Nc1ccc(C(=O)OC)c(S(=O)(=O)NC(C)(C)C)c1)[N+](=O)[O-]. The van der Waals surface area contributed by atoms with Gasteiger partial charge in [0.25, 0.3) is 0 Å². The number of benzene rings is 1. The van der Waals surface area contributed by atoms with Crippen LogP contribution in [0.3, 0.4) is 0 Å². The van der Waals surface area contributed by atoms with Crippen LogP contribution in [0.2, 0.25) is 0 Å². The molecule has 0 aliphatic heterocycles. The predicted molar refractivity (Wildman–Crippen MR) is 103 cm³/mol. The molecule has 0 aliphatic rings. The molecule has 0 fully saturated rings. The van der Waals surface area contributed by atoms with Crippen LogP contribution >= 0.6 is 0 Å². The number of rotatable bonds is 6. The van der Waals surface area contributed by atoms with Crippen LogP contribution in [0.1, 0.15) is 38.1 Å². The van der Waals surface area contributed by atoms with Crippen molar-refractivity contribution in [3.05, 3.63) is 33.9 Å². The quantitative estimate of drug-likeness (QED) is 0.221. The van der Waals surface area contributed by atoms with E-state index in [1.165, 1.54) is 13.0 Å². The van der Waals surface area contributed by atoms with E-state index in [1.54, 1.807) is 20.8 Å². The molecule has 0 amide bonds. The van der Waals surface area contributed by atoms with Crippen LogP contribution < -0.4 is 10.1 Å². The Hall–Kier alpha value is -3.06. The van der Waals surface area contributed by atoms with Crippen molar-refractivity contribution in [2.24, 2.45) is 5.10 Å². The molecule has 0 aromatic heterocycles. The molecular formula is C16H22N4O8S. The number of hydrazone groups is 1. The number of nitro groups is 1. The van der Waals surface area contributed by atoms with Crippen LogP contribution in [0.15, 0.2) is 28.2 Å². The van der Waals surface area contributed by atoms with Gasteiger partial charge in [0, 0.05) is 5.54 Å². The molecule has 0 saturated carbocycles. The lowest BCUT2D eigenvalue weighted by Gasteiger charge is -2.21. The van der Waals surface area contributed by atoms with E-state index in [0.29, 0.717) is 0 Å². The summed E-state index contributed by atoms with van der Waals surface area (Å²) in [4.78, 5) is 33.0. The van der Waals surface area contributed by atoms with Gasteiger partial charge in [-0.05, 0) is 50.8 Å². The number of anilines is 1. The van der Waals surface area contributed by atoms with Gasteiger partial charge >= 0.3 is 17.8 Å². The number of carbonyl (C=O) groups excluding carboxylic acids is 2. The first-order valence-electron chi connectivity index (χ1n) is 8.24. The Labute approximate surface area is 167 Å². The number of carbonyl (C=O) groups is 2. The van der Waals surface area contributed by atoms with Gasteiger partial charge < -0.3 is 19.6 Å². The fourth-order valence-electron chi connectivity index (χ4n) is 2.03. The average molecular weight is 430 g/mol. The van der Waals surface area contributed by atoms with Crippen molar-refractivity contribution in [1.82, 2.24) is 4.72 Å². The van der Waals surface area contributed by atoms with Gasteiger partial charge in [0.05, 0.1) is 35.0 Å². The third kappa shape index (κ3) is 6.80. The van der Waals surface area contributed by atoms with E-state index in [4.69, 9.17) is 0 Å². The summed E-state index contributed by atoms with van der Waals surface area (Å²) in [6, 6.07) is 3.43. The zero-order valence-electron chi connectivity index (χ0n) is 16.5. The molecule has 1 rings (SSSR count). The van der Waals surface area contributed by atoms with Crippen LogP contribution in [-0.4, -0.2) is 50.4 Å². The number of ether oxygens (including phenoxy) is 2. The van der Waals surface area contributed by atoms with Crippen molar-refractivity contribution in [3.8, 4) is 0 Å². The maximum atomic E-state index is 12.7. The first kappa shape index (κ1) is 24.0. The van der Waals surface area contributed by atoms with Gasteiger partial charge in [-0.25, -0.2) is 22.7 Å². The number of nitrogens with zero attached hydrogens (tertiary/aromatic N) is 2. The van der Waals surface area contributed by atoms with E-state index in [-0.39, 0.29) is 17.9 Å². The van der Waals surface area contributed by atoms with E-state index in [2.05, 4.69) is 24.7 Å². The van der Waals surface area contributed by atoms with Gasteiger partial charge in [-0.1, -0.05) is 0 Å². The Balaban J connectivity index is 3.42. The zero-order valence-corrected chi connectivity index (χ0v) is 17.3. The van der Waals surface area contributed by atoms with Gasteiger partial charge in [0.2, 0.25) is 10.0 Å². The number of hydrogen-bond acceptors (Lipinski definition) is 10. The molecule has 0 saturated heterocycles. The second kappa shape index (κ2) is 9.43. The van der Waals surface area contributed by atoms with Gasteiger partial charge in [-0.2, -0.15) is 5.43 Å². The monoisotopic (exact) mass is 430 g/mol. The van der Waals surface area contributed by atoms with E-state index in [0.717, 1.165) is 19.2 Å². The van der Waals surface area contributed by atoms with Crippen LogP contribution in [0.25, 0.3) is 0 Å². The Kier molecular flexibility index (Phi) is 7.79. The van der Waals surface area contributed by atoms with Crippen molar-refractivity contribution >= 4 is 33.5 Å². The van der Waals surface area contributed by atoms with Crippen LogP contribution in [-0.2, 0) is 24.3 Å². The van der Waals surface area contributed by atoms with Gasteiger partial charge in [0.15, 0.2) is 0 Å². The molecule has 0 heterocycles. The molecule has 0 atom stereocenters. The maximum Gasteiger partial charge on any atom is 0.473 e. The number of sulfonamides is 1. The Bertz CT molecular complexity index is 935. The summed E-state index contributed by atoms with van der Waals surface area (Å²) in [6.07, 6.45) is 0. The van der Waals surface area contributed by atoms with Crippen LogP contribution in [0.5, 0.6) is 0 Å². The molecule has 1 aromatic rings. The van der Waals surface area contributed by atoms with Gasteiger partial charge in [-0.3, -0.25) is 0 Å². The van der Waals surface area contributed by atoms with Crippen molar-refractivity contribution in [2.45, 2.75) is 38.1 Å². The number of amidine groups is 1. The highest BCUT2D eigenvalue weighted by Crippen LogP contribution is 2.23. The molecule has 12 nitrogen and oxygen atoms in total. The Morgan fingerprint density at radius 2 is 1.90 bits per heavy atom. The molecule has 2 N–H and O–H groups in total. The highest BCUT2D eigenvalue weighted by atomic mass is 32.2. The molecule has 13 heteroatoms. The van der Waals surface area contributed by atoms with Crippen molar-refractivity contribution in [3.63, 3.8) is 0 Å². The minimum absolute atomic E-state index is 0.0319. The van der Waals surface area contributed by atoms with E-state index < -0.39 is 43.2 Å². The molecule has 0 spiro atoms. The van der Waals surface area contributed by atoms with Gasteiger partial charge in [-0.15, -0.1) is 0 Å². The lowest BCUT2D eigenvalue weighted by molar-refractivity contribution is -0.350. The summed E-state index contributed by atoms with van der Waals surface area (Å²) in [5.74, 6) is -3.29. The van der Waals surface area contributed by atoms with Crippen molar-refractivity contribution in [1.29, 1.82) is 0 Å². The lowest BCUT2D eigenvalue weighted by Crippen LogP contribution is -2.41. The standard InChI is InChI=1S/C16H22N4O8S/c1-6-28-15(22)13(20(23)24)18-17-10-7-8-11(14(21)27-5)12(9-10)29(25,26)19-16(2,3)4/h7-9,17,19H,6H2,1-5H3/b18-13-. The second-order valence-electron chi connectivity index (χ2n) is 6.58. The molecule has 0 unspecified atom stereocenters. The summed E-state index contributed by atoms with van der Waals surface area (Å²) in [5.41, 5.74) is 1.09. The van der Waals surface area contributed by atoms with E-state index >= 15 is 0 Å². The molecule has 1 aromatic carbocycles. The summed E-state index contributed by atoms with van der Waals surface area (Å²) < 4.78 is 37.0. The molecule has 0 radical (unpaired) electrons. The minimum atomic E-state index is -4.17. The third-order valence-electron chi connectivity index (χ3n) is 3.04. The first-order chi connectivity index (χ1) is 13.3. The maximum absolute atomic E-state index is 12.7. The van der Waals surface area contributed by atoms with Crippen molar-refractivity contribution in [2.75, 3.05) is 19.1 Å². The summed E-state index contributed by atoms with van der Waals surface area (Å²) in [5, 5.41) is 14.3. The smallest absolute Gasteiger partial charge is 0.465 e. The largest absolute Gasteiger partial charge is 0.473 e. The van der Waals surface area contributed by atoms with Crippen LogP contribution in [0.4, 0.5) is 5.69 Å². The third-order valence-corrected chi connectivity index (χ3v) is 4.84. The number of hydrogen-bond donors (Lipinski definition) is 2. The molecule has 0 aliphatic carbocycles. The zero-order chi connectivity index (χ0) is 22.4. The highest BCUT2D eigenvalue weighted by molar-refractivity contribution is 7.89. The summed E-state index contributed by atoms with van der Waals surface area (Å²) in [6.45, 7) is 6.20. The molecule has 160 valence electrons. The Morgan fingerprint density at radius 1 is 1.28 bits per heavy atom. The molecule has 0 bridgehead atoms. The Morgan fingerprint density at radius 3 is 2.38 bits per heavy atom. The normalized spacial score (nSPS) is 12.2. The number of methoxy groups -OCH3 is 1. The number of nitrogens with one attached hydrogen (secondary N) is 2.